The summed E-state index contributed by atoms with van der Waals surface area (Å²) < 4.78 is 15.9. The van der Waals surface area contributed by atoms with E-state index in [1.165, 1.54) is 0 Å². The van der Waals surface area contributed by atoms with Crippen LogP contribution in [0, 0.1) is 0 Å². The van der Waals surface area contributed by atoms with Crippen molar-refractivity contribution in [1.29, 1.82) is 0 Å². The van der Waals surface area contributed by atoms with Crippen molar-refractivity contribution in [3.63, 3.8) is 0 Å². The van der Waals surface area contributed by atoms with Crippen molar-refractivity contribution in [3.05, 3.63) is 72.2 Å². The Labute approximate surface area is 136 Å². The number of ketones is 1. The second kappa shape index (κ2) is 5.70. The number of carbonyl (C=O) groups is 2. The van der Waals surface area contributed by atoms with Crippen LogP contribution in [0.15, 0.2) is 69.5 Å². The average Bonchev–Trinajstić information content (AvgIpc) is 3.23. The van der Waals surface area contributed by atoms with E-state index in [-0.39, 0.29) is 11.5 Å². The molecule has 0 N–H and O–H groups in total. The predicted octanol–water partition coefficient (Wildman–Crippen LogP) is 4.22. The molecule has 0 spiro atoms. The van der Waals surface area contributed by atoms with Gasteiger partial charge in [0.2, 0.25) is 11.5 Å². The molecule has 0 aliphatic carbocycles. The van der Waals surface area contributed by atoms with Gasteiger partial charge in [0.15, 0.2) is 12.4 Å². The Morgan fingerprint density at radius 2 is 1.33 bits per heavy atom. The molecule has 0 unspecified atom stereocenters. The van der Waals surface area contributed by atoms with Gasteiger partial charge in [-0.1, -0.05) is 36.4 Å². The third-order valence-electron chi connectivity index (χ3n) is 3.66. The van der Waals surface area contributed by atoms with Crippen LogP contribution < -0.4 is 0 Å². The van der Waals surface area contributed by atoms with Gasteiger partial charge in [0.05, 0.1) is 0 Å². The summed E-state index contributed by atoms with van der Waals surface area (Å²) in [6.07, 6.45) is 0. The van der Waals surface area contributed by atoms with E-state index in [4.69, 9.17) is 13.6 Å². The topological polar surface area (TPSA) is 69.7 Å². The van der Waals surface area contributed by atoms with Crippen LogP contribution in [0.3, 0.4) is 0 Å². The highest BCUT2D eigenvalue weighted by Crippen LogP contribution is 2.21. The first kappa shape index (κ1) is 14.3. The molecular formula is C19H12O5. The number of benzene rings is 2. The standard InChI is InChI=1S/C19H12O5/c20-14(17-9-12-5-1-3-7-15(12)23-17)11-22-19(21)18-10-13-6-2-4-8-16(13)24-18/h1-10H,11H2. The Bertz CT molecular complexity index is 902. The molecule has 0 saturated heterocycles. The van der Waals surface area contributed by atoms with Crippen molar-refractivity contribution in [1.82, 2.24) is 0 Å². The van der Waals surface area contributed by atoms with E-state index in [0.717, 1.165) is 10.8 Å². The number of para-hydroxylation sites is 2. The summed E-state index contributed by atoms with van der Waals surface area (Å²) in [4.78, 5) is 24.1. The zero-order valence-electron chi connectivity index (χ0n) is 12.5. The van der Waals surface area contributed by atoms with Crippen LogP contribution >= 0.6 is 0 Å². The van der Waals surface area contributed by atoms with Gasteiger partial charge in [0, 0.05) is 10.8 Å². The van der Waals surface area contributed by atoms with Crippen LogP contribution in [0.2, 0.25) is 0 Å². The molecule has 5 heteroatoms. The second-order valence-electron chi connectivity index (χ2n) is 5.30. The minimum atomic E-state index is -0.685. The van der Waals surface area contributed by atoms with Crippen molar-refractivity contribution in [2.24, 2.45) is 0 Å². The Hall–Kier alpha value is -3.34. The van der Waals surface area contributed by atoms with E-state index in [9.17, 15) is 9.59 Å². The zero-order chi connectivity index (χ0) is 16.5. The molecule has 2 heterocycles. The molecule has 0 aliphatic rings. The van der Waals surface area contributed by atoms with E-state index in [1.807, 2.05) is 36.4 Å². The predicted molar refractivity (Wildman–Crippen MR) is 87.0 cm³/mol. The number of ether oxygens (including phenoxy) is 1. The minimum absolute atomic E-state index is 0.0635. The fourth-order valence-corrected chi connectivity index (χ4v) is 2.48. The van der Waals surface area contributed by atoms with Crippen LogP contribution in [0.1, 0.15) is 21.1 Å². The number of hydrogen-bond donors (Lipinski definition) is 0. The first-order valence-corrected chi connectivity index (χ1v) is 7.38. The SMILES string of the molecule is O=C(COC(=O)c1cc2ccccc2o1)c1cc2ccccc2o1. The van der Waals surface area contributed by atoms with Gasteiger partial charge in [0.1, 0.15) is 11.2 Å². The van der Waals surface area contributed by atoms with Crippen molar-refractivity contribution in [2.45, 2.75) is 0 Å². The monoisotopic (exact) mass is 320 g/mol. The maximum absolute atomic E-state index is 12.1. The summed E-state index contributed by atoms with van der Waals surface area (Å²) >= 11 is 0. The van der Waals surface area contributed by atoms with Crippen molar-refractivity contribution in [3.8, 4) is 0 Å². The molecule has 118 valence electrons. The van der Waals surface area contributed by atoms with Gasteiger partial charge in [-0.25, -0.2) is 4.79 Å². The fourth-order valence-electron chi connectivity index (χ4n) is 2.48. The van der Waals surface area contributed by atoms with Crippen molar-refractivity contribution >= 4 is 33.7 Å². The molecule has 4 rings (SSSR count). The number of carbonyl (C=O) groups excluding carboxylic acids is 2. The highest BCUT2D eigenvalue weighted by molar-refractivity contribution is 6.00. The van der Waals surface area contributed by atoms with Crippen LogP contribution in [0.4, 0.5) is 0 Å². The quantitative estimate of drug-likeness (QED) is 0.416. The molecule has 5 nitrogen and oxygen atoms in total. The van der Waals surface area contributed by atoms with E-state index >= 15 is 0 Å². The van der Waals surface area contributed by atoms with E-state index in [2.05, 4.69) is 0 Å². The lowest BCUT2D eigenvalue weighted by Crippen LogP contribution is -2.13. The van der Waals surface area contributed by atoms with Crippen molar-refractivity contribution in [2.75, 3.05) is 6.61 Å². The third kappa shape index (κ3) is 2.56. The molecule has 2 aromatic heterocycles. The van der Waals surface area contributed by atoms with Crippen LogP contribution in [-0.4, -0.2) is 18.4 Å². The molecule has 0 atom stereocenters. The van der Waals surface area contributed by atoms with Crippen LogP contribution in [0.25, 0.3) is 21.9 Å². The van der Waals surface area contributed by atoms with E-state index in [1.54, 1.807) is 24.3 Å². The lowest BCUT2D eigenvalue weighted by atomic mass is 10.2. The average molecular weight is 320 g/mol. The summed E-state index contributed by atoms with van der Waals surface area (Å²) in [5.74, 6) is -0.867. The normalized spacial score (nSPS) is 11.0. The Kier molecular flexibility index (Phi) is 3.39. The number of rotatable bonds is 4. The molecule has 0 bridgehead atoms. The molecule has 0 fully saturated rings. The Morgan fingerprint density at radius 3 is 1.96 bits per heavy atom. The minimum Gasteiger partial charge on any atom is -0.453 e. The number of hydrogen-bond acceptors (Lipinski definition) is 5. The fraction of sp³-hybridized carbons (Fsp3) is 0.0526. The summed E-state index contributed by atoms with van der Waals surface area (Å²) in [6, 6.07) is 17.7. The van der Waals surface area contributed by atoms with Gasteiger partial charge in [-0.3, -0.25) is 4.79 Å². The Morgan fingerprint density at radius 1 is 0.792 bits per heavy atom. The maximum atomic E-state index is 12.1. The summed E-state index contributed by atoms with van der Waals surface area (Å²) in [5.41, 5.74) is 1.21. The third-order valence-corrected chi connectivity index (χ3v) is 3.66. The second-order valence-corrected chi connectivity index (χ2v) is 5.30. The largest absolute Gasteiger partial charge is 0.453 e. The Balaban J connectivity index is 1.47. The summed E-state index contributed by atoms with van der Waals surface area (Å²) in [7, 11) is 0. The first-order valence-electron chi connectivity index (χ1n) is 7.38. The molecule has 24 heavy (non-hydrogen) atoms. The molecule has 4 aromatic rings. The zero-order valence-corrected chi connectivity index (χ0v) is 12.5. The first-order chi connectivity index (χ1) is 11.7. The van der Waals surface area contributed by atoms with Gasteiger partial charge in [-0.2, -0.15) is 0 Å². The van der Waals surface area contributed by atoms with Gasteiger partial charge in [-0.05, 0) is 24.3 Å². The summed E-state index contributed by atoms with van der Waals surface area (Å²) in [5, 5.41) is 1.62. The highest BCUT2D eigenvalue weighted by Gasteiger charge is 2.18. The number of esters is 1. The maximum Gasteiger partial charge on any atom is 0.374 e. The molecule has 2 aromatic carbocycles. The van der Waals surface area contributed by atoms with Gasteiger partial charge >= 0.3 is 5.97 Å². The van der Waals surface area contributed by atoms with Crippen LogP contribution in [-0.2, 0) is 4.74 Å². The van der Waals surface area contributed by atoms with E-state index in [0.29, 0.717) is 11.2 Å². The molecular weight excluding hydrogens is 308 g/mol. The van der Waals surface area contributed by atoms with Crippen molar-refractivity contribution < 1.29 is 23.2 Å². The smallest absolute Gasteiger partial charge is 0.374 e. The molecule has 0 aliphatic heterocycles. The molecule has 0 saturated carbocycles. The molecule has 0 radical (unpaired) electrons. The number of Topliss-reactive ketones (excluding diaryl/α,β-unsaturated/α-hetero) is 1. The molecule has 0 amide bonds. The van der Waals surface area contributed by atoms with Gasteiger partial charge < -0.3 is 13.6 Å². The van der Waals surface area contributed by atoms with Crippen LogP contribution in [0.5, 0.6) is 0 Å². The number of furan rings is 2. The highest BCUT2D eigenvalue weighted by atomic mass is 16.5. The lowest BCUT2D eigenvalue weighted by Gasteiger charge is -1.99. The van der Waals surface area contributed by atoms with E-state index < -0.39 is 18.4 Å². The number of fused-ring (bicyclic) bond motifs is 2. The van der Waals surface area contributed by atoms with Gasteiger partial charge in [0.25, 0.3) is 0 Å². The van der Waals surface area contributed by atoms with Gasteiger partial charge in [-0.15, -0.1) is 0 Å². The lowest BCUT2D eigenvalue weighted by molar-refractivity contribution is 0.0440. The summed E-state index contributed by atoms with van der Waals surface area (Å²) in [6.45, 7) is -0.407.